The minimum atomic E-state index is -0.355. The number of thiazole rings is 1. The van der Waals surface area contributed by atoms with E-state index in [1.807, 2.05) is 25.1 Å². The zero-order chi connectivity index (χ0) is 15.5. The van der Waals surface area contributed by atoms with Gasteiger partial charge in [0, 0.05) is 19.0 Å². The van der Waals surface area contributed by atoms with Crippen molar-refractivity contribution in [3.63, 3.8) is 0 Å². The van der Waals surface area contributed by atoms with Crippen molar-refractivity contribution in [3.05, 3.63) is 29.3 Å². The lowest BCUT2D eigenvalue weighted by Crippen LogP contribution is -2.41. The molecule has 22 heavy (non-hydrogen) atoms. The molecule has 1 saturated heterocycles. The lowest BCUT2D eigenvalue weighted by molar-refractivity contribution is -0.132. The van der Waals surface area contributed by atoms with E-state index in [4.69, 9.17) is 10.5 Å². The normalized spacial score (nSPS) is 22.8. The maximum absolute atomic E-state index is 12.2. The Labute approximate surface area is 133 Å². The number of aromatic nitrogens is 1. The molecule has 1 aromatic carbocycles. The van der Waals surface area contributed by atoms with Gasteiger partial charge in [0.1, 0.15) is 6.10 Å². The number of carbonyl (C=O) groups is 1. The Hall–Kier alpha value is -1.50. The molecule has 118 valence electrons. The largest absolute Gasteiger partial charge is 0.364 e. The second-order valence-electron chi connectivity index (χ2n) is 5.75. The summed E-state index contributed by atoms with van der Waals surface area (Å²) in [5.74, 6) is -0.0374. The average Bonchev–Trinajstić information content (AvgIpc) is 3.12. The topological polar surface area (TPSA) is 77.2 Å². The molecule has 0 saturated carbocycles. The number of amides is 1. The lowest BCUT2D eigenvalue weighted by atomic mass is 10.1. The van der Waals surface area contributed by atoms with Crippen LogP contribution in [0.3, 0.4) is 0 Å². The second kappa shape index (κ2) is 6.73. The van der Waals surface area contributed by atoms with Gasteiger partial charge in [0.15, 0.2) is 0 Å². The van der Waals surface area contributed by atoms with E-state index < -0.39 is 0 Å². The van der Waals surface area contributed by atoms with Gasteiger partial charge in [0.2, 0.25) is 5.91 Å². The van der Waals surface area contributed by atoms with Crippen molar-refractivity contribution in [1.82, 2.24) is 10.3 Å². The van der Waals surface area contributed by atoms with Crippen LogP contribution < -0.4 is 11.1 Å². The Kier molecular flexibility index (Phi) is 4.71. The number of nitrogens with zero attached hydrogens (tertiary/aromatic N) is 1. The summed E-state index contributed by atoms with van der Waals surface area (Å²) in [7, 11) is 0. The number of nitrogens with one attached hydrogen (secondary N) is 1. The quantitative estimate of drug-likeness (QED) is 0.882. The number of fused-ring (bicyclic) bond motifs is 1. The van der Waals surface area contributed by atoms with E-state index in [0.29, 0.717) is 6.54 Å². The highest BCUT2D eigenvalue weighted by molar-refractivity contribution is 7.18. The first-order valence-corrected chi connectivity index (χ1v) is 8.47. The Balaban J connectivity index is 1.55. The van der Waals surface area contributed by atoms with Gasteiger partial charge in [-0.25, -0.2) is 4.98 Å². The summed E-state index contributed by atoms with van der Waals surface area (Å²) < 4.78 is 6.80. The Bertz CT molecular complexity index is 625. The maximum Gasteiger partial charge on any atom is 0.249 e. The van der Waals surface area contributed by atoms with Crippen LogP contribution in [0.4, 0.5) is 0 Å². The number of benzene rings is 1. The molecule has 3 rings (SSSR count). The smallest absolute Gasteiger partial charge is 0.249 e. The molecule has 1 aromatic heterocycles. The molecular formula is C16H21N3O2S. The molecule has 5 nitrogen and oxygen atoms in total. The minimum absolute atomic E-state index is 0.0234. The molecule has 1 amide bonds. The number of nitrogens with two attached hydrogens (primary N) is 1. The Morgan fingerprint density at radius 1 is 1.50 bits per heavy atom. The van der Waals surface area contributed by atoms with Crippen LogP contribution in [0.15, 0.2) is 24.3 Å². The summed E-state index contributed by atoms with van der Waals surface area (Å²) in [5, 5.41) is 4.06. The predicted octanol–water partition coefficient (Wildman–Crippen LogP) is 1.85. The van der Waals surface area contributed by atoms with Crippen molar-refractivity contribution in [1.29, 1.82) is 0 Å². The molecule has 0 aliphatic carbocycles. The molecule has 3 N–H and O–H groups in total. The van der Waals surface area contributed by atoms with Crippen molar-refractivity contribution in [2.45, 2.75) is 44.4 Å². The van der Waals surface area contributed by atoms with Gasteiger partial charge in [-0.15, -0.1) is 11.3 Å². The molecule has 1 fully saturated rings. The maximum atomic E-state index is 12.2. The van der Waals surface area contributed by atoms with Crippen molar-refractivity contribution in [2.75, 3.05) is 6.54 Å². The standard InChI is InChI=1S/C16H21N3O2S/c1-10(18-16(20)13-7-6-11(9-17)21-13)8-15-19-12-4-2-3-5-14(12)22-15/h2-5,10-11,13H,6-9,17H2,1H3,(H,18,20)/t10?,11-,13+/m1/s1. The molecule has 2 heterocycles. The number of hydrogen-bond acceptors (Lipinski definition) is 5. The van der Waals surface area contributed by atoms with Gasteiger partial charge in [-0.2, -0.15) is 0 Å². The first-order chi connectivity index (χ1) is 10.7. The van der Waals surface area contributed by atoms with E-state index in [2.05, 4.69) is 16.4 Å². The molecule has 0 bridgehead atoms. The molecule has 1 aliphatic heterocycles. The molecule has 0 spiro atoms. The highest BCUT2D eigenvalue weighted by atomic mass is 32.1. The van der Waals surface area contributed by atoms with Gasteiger partial charge >= 0.3 is 0 Å². The van der Waals surface area contributed by atoms with Crippen LogP contribution >= 0.6 is 11.3 Å². The summed E-state index contributed by atoms with van der Waals surface area (Å²) in [6.07, 6.45) is 2.02. The summed E-state index contributed by atoms with van der Waals surface area (Å²) in [6.45, 7) is 2.48. The van der Waals surface area contributed by atoms with E-state index in [1.165, 1.54) is 4.70 Å². The summed E-state index contributed by atoms with van der Waals surface area (Å²) in [6, 6.07) is 8.12. The molecule has 0 radical (unpaired) electrons. The van der Waals surface area contributed by atoms with E-state index in [9.17, 15) is 4.79 Å². The molecule has 1 unspecified atom stereocenters. The van der Waals surface area contributed by atoms with Gasteiger partial charge < -0.3 is 15.8 Å². The first kappa shape index (κ1) is 15.4. The van der Waals surface area contributed by atoms with Crippen LogP contribution in [0.25, 0.3) is 10.2 Å². The second-order valence-corrected chi connectivity index (χ2v) is 6.86. The highest BCUT2D eigenvalue weighted by Crippen LogP contribution is 2.23. The number of hydrogen-bond donors (Lipinski definition) is 2. The van der Waals surface area contributed by atoms with E-state index in [0.717, 1.165) is 29.8 Å². The van der Waals surface area contributed by atoms with Crippen LogP contribution in [-0.2, 0) is 16.0 Å². The van der Waals surface area contributed by atoms with Crippen molar-refractivity contribution in [2.24, 2.45) is 5.73 Å². The van der Waals surface area contributed by atoms with Gasteiger partial charge in [0.25, 0.3) is 0 Å². The summed E-state index contributed by atoms with van der Waals surface area (Å²) in [4.78, 5) is 16.8. The average molecular weight is 319 g/mol. The predicted molar refractivity (Wildman–Crippen MR) is 87.9 cm³/mol. The molecule has 6 heteroatoms. The van der Waals surface area contributed by atoms with Crippen molar-refractivity contribution >= 4 is 27.5 Å². The first-order valence-electron chi connectivity index (χ1n) is 7.66. The fourth-order valence-electron chi connectivity index (χ4n) is 2.73. The van der Waals surface area contributed by atoms with Crippen LogP contribution in [-0.4, -0.2) is 35.7 Å². The fourth-order valence-corrected chi connectivity index (χ4v) is 3.82. The van der Waals surface area contributed by atoms with Crippen LogP contribution in [0.1, 0.15) is 24.8 Å². The number of para-hydroxylation sites is 1. The monoisotopic (exact) mass is 319 g/mol. The number of carbonyl (C=O) groups excluding carboxylic acids is 1. The Morgan fingerprint density at radius 2 is 2.32 bits per heavy atom. The van der Waals surface area contributed by atoms with Crippen molar-refractivity contribution < 1.29 is 9.53 Å². The fraction of sp³-hybridized carbons (Fsp3) is 0.500. The molecule has 1 aliphatic rings. The summed E-state index contributed by atoms with van der Waals surface area (Å²) >= 11 is 1.68. The third-order valence-corrected chi connectivity index (χ3v) is 4.93. The zero-order valence-electron chi connectivity index (χ0n) is 12.6. The van der Waals surface area contributed by atoms with Crippen molar-refractivity contribution in [3.8, 4) is 0 Å². The molecule has 2 aromatic rings. The number of ether oxygens (including phenoxy) is 1. The third-order valence-electron chi connectivity index (χ3n) is 3.87. The number of rotatable bonds is 5. The third kappa shape index (κ3) is 3.45. The highest BCUT2D eigenvalue weighted by Gasteiger charge is 2.30. The minimum Gasteiger partial charge on any atom is -0.364 e. The zero-order valence-corrected chi connectivity index (χ0v) is 13.4. The SMILES string of the molecule is CC(Cc1nc2ccccc2s1)NC(=O)[C@@H]1CC[C@H](CN)O1. The molecular weight excluding hydrogens is 298 g/mol. The molecule has 3 atom stereocenters. The van der Waals surface area contributed by atoms with Gasteiger partial charge in [0.05, 0.1) is 21.3 Å². The van der Waals surface area contributed by atoms with Crippen LogP contribution in [0.5, 0.6) is 0 Å². The summed E-state index contributed by atoms with van der Waals surface area (Å²) in [5.41, 5.74) is 6.59. The van der Waals surface area contributed by atoms with E-state index in [1.54, 1.807) is 11.3 Å². The van der Waals surface area contributed by atoms with Gasteiger partial charge in [-0.3, -0.25) is 4.79 Å². The van der Waals surface area contributed by atoms with Gasteiger partial charge in [-0.1, -0.05) is 12.1 Å². The van der Waals surface area contributed by atoms with Gasteiger partial charge in [-0.05, 0) is 31.9 Å². The van der Waals surface area contributed by atoms with E-state index in [-0.39, 0.29) is 24.2 Å². The van der Waals surface area contributed by atoms with E-state index >= 15 is 0 Å². The Morgan fingerprint density at radius 3 is 3.05 bits per heavy atom. The van der Waals surface area contributed by atoms with Crippen LogP contribution in [0, 0.1) is 0 Å². The van der Waals surface area contributed by atoms with Crippen LogP contribution in [0.2, 0.25) is 0 Å². The lowest BCUT2D eigenvalue weighted by Gasteiger charge is -2.16.